The first-order valence-electron chi connectivity index (χ1n) is 11.8. The van der Waals surface area contributed by atoms with Crippen LogP contribution in [0, 0.1) is 0 Å². The van der Waals surface area contributed by atoms with E-state index in [2.05, 4.69) is 0 Å². The molecule has 2 aromatic carbocycles. The van der Waals surface area contributed by atoms with Crippen LogP contribution in [0.15, 0.2) is 71.3 Å². The third-order valence-electron chi connectivity index (χ3n) is 5.73. The van der Waals surface area contributed by atoms with Crippen LogP contribution in [0.2, 0.25) is 0 Å². The fourth-order valence-electron chi connectivity index (χ4n) is 3.84. The van der Waals surface area contributed by atoms with Crippen molar-refractivity contribution in [2.75, 3.05) is 19.6 Å². The molecule has 204 valence electrons. The fraction of sp³-hybridized carbons (Fsp3) is 0.333. The van der Waals surface area contributed by atoms with Gasteiger partial charge in [-0.3, -0.25) is 9.59 Å². The summed E-state index contributed by atoms with van der Waals surface area (Å²) in [6.45, 7) is 1.43. The molecule has 0 spiro atoms. The van der Waals surface area contributed by atoms with E-state index in [1.165, 1.54) is 11.2 Å². The van der Waals surface area contributed by atoms with E-state index in [1.807, 2.05) is 30.3 Å². The molecule has 1 aromatic heterocycles. The van der Waals surface area contributed by atoms with Gasteiger partial charge in [-0.15, -0.1) is 0 Å². The zero-order valence-corrected chi connectivity index (χ0v) is 20.5. The smallest absolute Gasteiger partial charge is 0.416 e. The maximum atomic E-state index is 13.3. The quantitative estimate of drug-likeness (QED) is 0.278. The Labute approximate surface area is 215 Å². The molecule has 0 atom stereocenters. The molecule has 0 saturated heterocycles. The Kier molecular flexibility index (Phi) is 9.24. The van der Waals surface area contributed by atoms with E-state index in [0.29, 0.717) is 30.7 Å². The average Bonchev–Trinajstić information content (AvgIpc) is 3.38. The van der Waals surface area contributed by atoms with Gasteiger partial charge in [-0.2, -0.15) is 26.3 Å². The maximum absolute atomic E-state index is 13.3. The number of hydrogen-bond acceptors (Lipinski definition) is 3. The first-order chi connectivity index (χ1) is 17.9. The molecule has 11 heteroatoms. The zero-order chi connectivity index (χ0) is 27.9. The topological polar surface area (TPSA) is 53.8 Å². The molecule has 5 nitrogen and oxygen atoms in total. The molecule has 0 N–H and O–H groups in total. The molecule has 2 amide bonds. The number of furan rings is 1. The Morgan fingerprint density at radius 3 is 1.97 bits per heavy atom. The number of hydrogen-bond donors (Lipinski definition) is 0. The van der Waals surface area contributed by atoms with Crippen LogP contribution in [-0.2, 0) is 30.1 Å². The molecule has 3 aromatic rings. The second-order valence-corrected chi connectivity index (χ2v) is 8.65. The first kappa shape index (κ1) is 28.8. The van der Waals surface area contributed by atoms with Crippen molar-refractivity contribution >= 4 is 11.8 Å². The van der Waals surface area contributed by atoms with Crippen LogP contribution >= 0.6 is 0 Å². The van der Waals surface area contributed by atoms with E-state index in [0.717, 1.165) is 10.5 Å². The SMILES string of the molecule is CCCN(CC(=O)N(CCc1ccccc1)Cc1ccco1)C(=O)c1cc(C(F)(F)F)cc(C(F)(F)F)c1. The molecule has 1 heterocycles. The van der Waals surface area contributed by atoms with E-state index in [1.54, 1.807) is 19.1 Å². The Bertz CT molecular complexity index is 1180. The Hall–Kier alpha value is -3.76. The van der Waals surface area contributed by atoms with Crippen LogP contribution in [0.3, 0.4) is 0 Å². The zero-order valence-electron chi connectivity index (χ0n) is 20.5. The van der Waals surface area contributed by atoms with Gasteiger partial charge in [0.1, 0.15) is 12.3 Å². The Morgan fingerprint density at radius 2 is 1.45 bits per heavy atom. The number of carbonyl (C=O) groups is 2. The van der Waals surface area contributed by atoms with Crippen molar-refractivity contribution in [1.82, 2.24) is 9.80 Å². The van der Waals surface area contributed by atoms with Crippen LogP contribution in [0.25, 0.3) is 0 Å². The highest BCUT2D eigenvalue weighted by molar-refractivity contribution is 5.97. The lowest BCUT2D eigenvalue weighted by Gasteiger charge is -2.27. The number of nitrogens with zero attached hydrogens (tertiary/aromatic N) is 2. The maximum Gasteiger partial charge on any atom is 0.416 e. The molecule has 38 heavy (non-hydrogen) atoms. The summed E-state index contributed by atoms with van der Waals surface area (Å²) in [5, 5.41) is 0. The Balaban J connectivity index is 1.86. The summed E-state index contributed by atoms with van der Waals surface area (Å²) < 4.78 is 85.2. The summed E-state index contributed by atoms with van der Waals surface area (Å²) in [4.78, 5) is 28.9. The number of alkyl halides is 6. The molecule has 0 aliphatic heterocycles. The number of carbonyl (C=O) groups excluding carboxylic acids is 2. The van der Waals surface area contributed by atoms with Crippen molar-refractivity contribution in [2.45, 2.75) is 38.7 Å². The monoisotopic (exact) mass is 540 g/mol. The van der Waals surface area contributed by atoms with Gasteiger partial charge in [-0.25, -0.2) is 0 Å². The van der Waals surface area contributed by atoms with Crippen molar-refractivity contribution in [3.05, 3.63) is 94.9 Å². The van der Waals surface area contributed by atoms with Crippen LogP contribution < -0.4 is 0 Å². The molecule has 0 bridgehead atoms. The van der Waals surface area contributed by atoms with Crippen LogP contribution in [0.5, 0.6) is 0 Å². The minimum Gasteiger partial charge on any atom is -0.467 e. The lowest BCUT2D eigenvalue weighted by atomic mass is 10.0. The van der Waals surface area contributed by atoms with Gasteiger partial charge in [0.25, 0.3) is 5.91 Å². The van der Waals surface area contributed by atoms with Gasteiger partial charge in [0.15, 0.2) is 0 Å². The number of amides is 2. The molecule has 0 saturated carbocycles. The summed E-state index contributed by atoms with van der Waals surface area (Å²) >= 11 is 0. The molecule has 3 rings (SSSR count). The van der Waals surface area contributed by atoms with Crippen molar-refractivity contribution in [1.29, 1.82) is 0 Å². The second-order valence-electron chi connectivity index (χ2n) is 8.65. The number of benzene rings is 2. The molecule has 0 aliphatic carbocycles. The lowest BCUT2D eigenvalue weighted by Crippen LogP contribution is -2.43. The third kappa shape index (κ3) is 7.87. The minimum absolute atomic E-state index is 0.0409. The normalized spacial score (nSPS) is 11.9. The molecule has 0 radical (unpaired) electrons. The summed E-state index contributed by atoms with van der Waals surface area (Å²) in [6.07, 6.45) is -7.95. The second kappa shape index (κ2) is 12.2. The molecule has 0 fully saturated rings. The predicted octanol–water partition coefficient (Wildman–Crippen LogP) is 6.44. The summed E-state index contributed by atoms with van der Waals surface area (Å²) in [6, 6.07) is 13.3. The largest absolute Gasteiger partial charge is 0.467 e. The molecular formula is C27H26F6N2O3. The summed E-state index contributed by atoms with van der Waals surface area (Å²) in [5.41, 5.74) is -3.04. The number of rotatable bonds is 10. The van der Waals surface area contributed by atoms with Gasteiger partial charge < -0.3 is 14.2 Å². The van der Waals surface area contributed by atoms with Gasteiger partial charge in [0, 0.05) is 18.7 Å². The van der Waals surface area contributed by atoms with Crippen LogP contribution in [0.1, 0.15) is 46.2 Å². The van der Waals surface area contributed by atoms with Crippen LogP contribution in [-0.4, -0.2) is 41.2 Å². The number of halogens is 6. The summed E-state index contributed by atoms with van der Waals surface area (Å²) in [5.74, 6) is -1.15. The average molecular weight is 541 g/mol. The van der Waals surface area contributed by atoms with E-state index in [4.69, 9.17) is 4.42 Å². The van der Waals surface area contributed by atoms with Gasteiger partial charge in [0.2, 0.25) is 5.91 Å². The molecule has 0 unspecified atom stereocenters. The van der Waals surface area contributed by atoms with Crippen molar-refractivity contribution < 1.29 is 40.3 Å². The summed E-state index contributed by atoms with van der Waals surface area (Å²) in [7, 11) is 0. The highest BCUT2D eigenvalue weighted by Gasteiger charge is 2.38. The van der Waals surface area contributed by atoms with E-state index in [-0.39, 0.29) is 25.7 Å². The van der Waals surface area contributed by atoms with Gasteiger partial charge in [-0.1, -0.05) is 37.3 Å². The lowest BCUT2D eigenvalue weighted by molar-refractivity contribution is -0.143. The van der Waals surface area contributed by atoms with E-state index in [9.17, 15) is 35.9 Å². The van der Waals surface area contributed by atoms with Crippen LogP contribution in [0.4, 0.5) is 26.3 Å². The standard InChI is InChI=1S/C27H26F6N2O3/c1-2-11-35(25(37)20-14-21(26(28,29)30)16-22(15-20)27(31,32)33)18-24(36)34(17-23-9-6-13-38-23)12-10-19-7-4-3-5-8-19/h3-9,13-16H,2,10-12,17-18H2,1H3. The van der Waals surface area contributed by atoms with Crippen molar-refractivity contribution in [3.63, 3.8) is 0 Å². The third-order valence-corrected chi connectivity index (χ3v) is 5.73. The Morgan fingerprint density at radius 1 is 0.816 bits per heavy atom. The highest BCUT2D eigenvalue weighted by atomic mass is 19.4. The van der Waals surface area contributed by atoms with Crippen molar-refractivity contribution in [3.8, 4) is 0 Å². The van der Waals surface area contributed by atoms with Gasteiger partial charge >= 0.3 is 12.4 Å². The molecule has 0 aliphatic rings. The van der Waals surface area contributed by atoms with Gasteiger partial charge in [0.05, 0.1) is 23.9 Å². The first-order valence-corrected chi connectivity index (χ1v) is 11.8. The minimum atomic E-state index is -5.10. The van der Waals surface area contributed by atoms with E-state index >= 15 is 0 Å². The molecular weight excluding hydrogens is 514 g/mol. The fourth-order valence-corrected chi connectivity index (χ4v) is 3.84. The predicted molar refractivity (Wildman–Crippen MR) is 127 cm³/mol. The highest BCUT2D eigenvalue weighted by Crippen LogP contribution is 2.36. The van der Waals surface area contributed by atoms with Crippen molar-refractivity contribution in [2.24, 2.45) is 0 Å². The van der Waals surface area contributed by atoms with E-state index < -0.39 is 47.4 Å². The van der Waals surface area contributed by atoms with Gasteiger partial charge in [-0.05, 0) is 48.7 Å².